The van der Waals surface area contributed by atoms with E-state index in [0.717, 1.165) is 12.8 Å². The van der Waals surface area contributed by atoms with Crippen LogP contribution < -0.4 is 0 Å². The molecule has 0 aromatic carbocycles. The molecule has 1 aliphatic heterocycles. The third-order valence-corrected chi connectivity index (χ3v) is 2.21. The van der Waals surface area contributed by atoms with Gasteiger partial charge in [0.1, 0.15) is 0 Å². The lowest BCUT2D eigenvalue weighted by Gasteiger charge is -1.99. The highest BCUT2D eigenvalue weighted by molar-refractivity contribution is 6.91. The number of carbonyl (C=O) groups is 1. The van der Waals surface area contributed by atoms with Crippen LogP contribution in [0.15, 0.2) is 0 Å². The second-order valence-corrected chi connectivity index (χ2v) is 2.77. The predicted molar refractivity (Wildman–Crippen MR) is 35.3 cm³/mol. The maximum atomic E-state index is 10.8. The zero-order valence-corrected chi connectivity index (χ0v) is 5.48. The Hall–Kier alpha value is -0.265. The average Bonchev–Trinajstić information content (AvgIpc) is 1.98. The SMILES string of the molecule is CB1C(=O)CCC1C. The molecule has 1 saturated heterocycles. The van der Waals surface area contributed by atoms with Crippen molar-refractivity contribution in [1.29, 1.82) is 0 Å². The molecule has 1 heterocycles. The van der Waals surface area contributed by atoms with Gasteiger partial charge in [0.15, 0.2) is 0 Å². The molecule has 0 saturated carbocycles. The lowest BCUT2D eigenvalue weighted by atomic mass is 9.44. The highest BCUT2D eigenvalue weighted by Crippen LogP contribution is 2.25. The van der Waals surface area contributed by atoms with Crippen molar-refractivity contribution < 1.29 is 4.79 Å². The van der Waals surface area contributed by atoms with Gasteiger partial charge in [-0.1, -0.05) is 26.0 Å². The van der Waals surface area contributed by atoms with E-state index >= 15 is 0 Å². The van der Waals surface area contributed by atoms with Gasteiger partial charge in [-0.3, -0.25) is 0 Å². The quantitative estimate of drug-likeness (QED) is 0.430. The molecular weight excluding hydrogens is 98.9 g/mol. The topological polar surface area (TPSA) is 17.1 Å². The Morgan fingerprint density at radius 3 is 2.50 bits per heavy atom. The van der Waals surface area contributed by atoms with Crippen LogP contribution >= 0.6 is 0 Å². The molecule has 0 radical (unpaired) electrons. The molecule has 44 valence electrons. The molecule has 1 rings (SSSR count). The van der Waals surface area contributed by atoms with E-state index in [-0.39, 0.29) is 0 Å². The van der Waals surface area contributed by atoms with Gasteiger partial charge in [-0.25, -0.2) is 0 Å². The monoisotopic (exact) mass is 110 g/mol. The molecule has 0 N–H and O–H groups in total. The number of carbonyl (C=O) groups excluding carboxylic acids is 1. The van der Waals surface area contributed by atoms with Crippen molar-refractivity contribution in [2.75, 3.05) is 0 Å². The minimum absolute atomic E-state index is 0.343. The van der Waals surface area contributed by atoms with Gasteiger partial charge in [0.2, 0.25) is 6.71 Å². The first-order valence-corrected chi connectivity index (χ1v) is 3.24. The molecule has 0 aromatic heterocycles. The lowest BCUT2D eigenvalue weighted by Crippen LogP contribution is -2.16. The summed E-state index contributed by atoms with van der Waals surface area (Å²) in [6.45, 7) is 4.52. The van der Waals surface area contributed by atoms with Crippen molar-refractivity contribution in [2.45, 2.75) is 32.4 Å². The van der Waals surface area contributed by atoms with E-state index in [0.29, 0.717) is 18.2 Å². The molecular formula is C6H11BO. The summed E-state index contributed by atoms with van der Waals surface area (Å²) >= 11 is 0. The van der Waals surface area contributed by atoms with E-state index in [9.17, 15) is 4.79 Å². The lowest BCUT2D eigenvalue weighted by molar-refractivity contribution is -0.111. The molecule has 1 unspecified atom stereocenters. The van der Waals surface area contributed by atoms with Gasteiger partial charge >= 0.3 is 0 Å². The van der Waals surface area contributed by atoms with Crippen LogP contribution in [0.25, 0.3) is 0 Å². The van der Waals surface area contributed by atoms with Crippen molar-refractivity contribution >= 4 is 12.4 Å². The summed E-state index contributed by atoms with van der Waals surface area (Å²) in [6, 6.07) is 0. The van der Waals surface area contributed by atoms with Crippen LogP contribution in [0.3, 0.4) is 0 Å². The first-order valence-electron chi connectivity index (χ1n) is 3.24. The van der Waals surface area contributed by atoms with E-state index in [1.54, 1.807) is 0 Å². The highest BCUT2D eigenvalue weighted by atomic mass is 16.1. The van der Waals surface area contributed by atoms with E-state index in [1.807, 2.05) is 6.82 Å². The van der Waals surface area contributed by atoms with Crippen LogP contribution in [0.2, 0.25) is 12.6 Å². The van der Waals surface area contributed by atoms with E-state index in [1.165, 1.54) is 0 Å². The molecule has 2 heteroatoms. The second kappa shape index (κ2) is 1.92. The van der Waals surface area contributed by atoms with E-state index < -0.39 is 0 Å². The average molecular weight is 110 g/mol. The normalized spacial score (nSPS) is 29.5. The van der Waals surface area contributed by atoms with Gasteiger partial charge in [-0.15, -0.1) is 0 Å². The van der Waals surface area contributed by atoms with Gasteiger partial charge < -0.3 is 4.79 Å². The van der Waals surface area contributed by atoms with Crippen LogP contribution in [0.4, 0.5) is 0 Å². The second-order valence-electron chi connectivity index (χ2n) is 2.77. The summed E-state index contributed by atoms with van der Waals surface area (Å²) in [4.78, 5) is 10.8. The summed E-state index contributed by atoms with van der Waals surface area (Å²) in [5.74, 6) is 0.641. The molecule has 1 fully saturated rings. The van der Waals surface area contributed by atoms with Crippen molar-refractivity contribution in [3.8, 4) is 0 Å². The minimum Gasteiger partial charge on any atom is -0.311 e. The van der Waals surface area contributed by atoms with Crippen molar-refractivity contribution in [1.82, 2.24) is 0 Å². The fraction of sp³-hybridized carbons (Fsp3) is 0.833. The Kier molecular flexibility index (Phi) is 1.41. The van der Waals surface area contributed by atoms with Gasteiger partial charge in [-0.2, -0.15) is 0 Å². The molecule has 0 bridgehead atoms. The zero-order chi connectivity index (χ0) is 6.15. The molecule has 1 aliphatic rings. The van der Waals surface area contributed by atoms with Crippen molar-refractivity contribution in [3.05, 3.63) is 0 Å². The van der Waals surface area contributed by atoms with Gasteiger partial charge in [-0.05, 0) is 6.42 Å². The molecule has 8 heavy (non-hydrogen) atoms. The predicted octanol–water partition coefficient (Wildman–Crippen LogP) is 1.40. The fourth-order valence-corrected chi connectivity index (χ4v) is 1.16. The summed E-state index contributed by atoms with van der Waals surface area (Å²) in [5, 5.41) is 0. The maximum absolute atomic E-state index is 10.8. The summed E-state index contributed by atoms with van der Waals surface area (Å²) in [6.07, 6.45) is 1.93. The molecule has 0 spiro atoms. The Balaban J connectivity index is 2.56. The molecule has 0 amide bonds. The van der Waals surface area contributed by atoms with Crippen LogP contribution in [0.1, 0.15) is 19.8 Å². The first kappa shape index (κ1) is 5.86. The van der Waals surface area contributed by atoms with Crippen LogP contribution in [-0.4, -0.2) is 12.4 Å². The Labute approximate surface area is 50.5 Å². The third-order valence-electron chi connectivity index (χ3n) is 2.21. The number of rotatable bonds is 0. The Morgan fingerprint density at radius 1 is 1.75 bits per heavy atom. The van der Waals surface area contributed by atoms with Crippen molar-refractivity contribution in [2.24, 2.45) is 0 Å². The van der Waals surface area contributed by atoms with E-state index in [2.05, 4.69) is 6.92 Å². The third kappa shape index (κ3) is 0.793. The zero-order valence-electron chi connectivity index (χ0n) is 5.48. The van der Waals surface area contributed by atoms with Crippen molar-refractivity contribution in [3.63, 3.8) is 0 Å². The molecule has 0 aliphatic carbocycles. The minimum atomic E-state index is 0.343. The van der Waals surface area contributed by atoms with Crippen LogP contribution in [-0.2, 0) is 4.79 Å². The van der Waals surface area contributed by atoms with Gasteiger partial charge in [0.25, 0.3) is 0 Å². The summed E-state index contributed by atoms with van der Waals surface area (Å²) in [5.41, 5.74) is 0.456. The Morgan fingerprint density at radius 2 is 2.38 bits per heavy atom. The largest absolute Gasteiger partial charge is 0.311 e. The molecule has 1 nitrogen and oxygen atoms in total. The van der Waals surface area contributed by atoms with Gasteiger partial charge in [0.05, 0.1) is 5.68 Å². The fourth-order valence-electron chi connectivity index (χ4n) is 1.16. The molecule has 0 aromatic rings. The van der Waals surface area contributed by atoms with Crippen LogP contribution in [0, 0.1) is 0 Å². The van der Waals surface area contributed by atoms with E-state index in [4.69, 9.17) is 0 Å². The smallest absolute Gasteiger partial charge is 0.223 e. The van der Waals surface area contributed by atoms with Crippen LogP contribution in [0.5, 0.6) is 0 Å². The standard InChI is InChI=1S/C6H11BO/c1-5-3-4-6(8)7(5)2/h5H,3-4H2,1-2H3. The highest BCUT2D eigenvalue weighted by Gasteiger charge is 2.30. The first-order chi connectivity index (χ1) is 3.72. The maximum Gasteiger partial charge on any atom is 0.223 e. The molecule has 1 atom stereocenters. The summed E-state index contributed by atoms with van der Waals surface area (Å²) < 4.78 is 0. The number of hydrogen-bond donors (Lipinski definition) is 0. The Bertz CT molecular complexity index is 111. The van der Waals surface area contributed by atoms with Gasteiger partial charge in [0, 0.05) is 0 Å². The number of hydrogen-bond acceptors (Lipinski definition) is 1. The summed E-state index contributed by atoms with van der Waals surface area (Å²) in [7, 11) is 0.